The Balaban J connectivity index is 1.83. The van der Waals surface area contributed by atoms with Crippen LogP contribution < -0.4 is 15.4 Å². The highest BCUT2D eigenvalue weighted by molar-refractivity contribution is 9.10. The summed E-state index contributed by atoms with van der Waals surface area (Å²) in [6.07, 6.45) is 3.00. The molecule has 3 rings (SSSR count). The van der Waals surface area contributed by atoms with Crippen LogP contribution in [0.15, 0.2) is 29.0 Å². The maximum Gasteiger partial charge on any atom is 0.273 e. The third-order valence-corrected chi connectivity index (χ3v) is 6.69. The highest BCUT2D eigenvalue weighted by atomic mass is 79.9. The first-order chi connectivity index (χ1) is 16.6. The predicted octanol–water partition coefficient (Wildman–Crippen LogP) is 3.37. The summed E-state index contributed by atoms with van der Waals surface area (Å²) >= 11 is 3.43. The van der Waals surface area contributed by atoms with Crippen LogP contribution in [0.1, 0.15) is 67.1 Å². The lowest BCUT2D eigenvalue weighted by Gasteiger charge is -2.43. The van der Waals surface area contributed by atoms with E-state index in [1.165, 1.54) is 6.33 Å². The standard InChI is InChI=1S/C25H34BrN5O4/c1-6-11-31-23(33)21-20(22(32)28-13-17-12-18(26)7-8-19(17)35-5)29-15-30(21)14-25(31,4)24(34)27-10-9-16(2)3/h7-8,12,15-16H,6,9-11,13-14H2,1-5H3,(H,27,34)(H,28,32)/t25-/m1/s1. The summed E-state index contributed by atoms with van der Waals surface area (Å²) in [5.74, 6) is 0.0656. The SMILES string of the molecule is CCCN1C(=O)c2c(C(=O)NCc3cc(Br)ccc3OC)ncn2C[C@]1(C)C(=O)NCCC(C)C. The van der Waals surface area contributed by atoms with Crippen LogP contribution in [0.3, 0.4) is 0 Å². The smallest absolute Gasteiger partial charge is 0.273 e. The van der Waals surface area contributed by atoms with E-state index in [4.69, 9.17) is 4.74 Å². The average Bonchev–Trinajstić information content (AvgIpc) is 3.23. The molecule has 0 unspecified atom stereocenters. The highest BCUT2D eigenvalue weighted by Gasteiger charge is 2.48. The Hall–Kier alpha value is -2.88. The van der Waals surface area contributed by atoms with E-state index in [-0.39, 0.29) is 36.3 Å². The summed E-state index contributed by atoms with van der Waals surface area (Å²) in [6.45, 7) is 9.29. The highest BCUT2D eigenvalue weighted by Crippen LogP contribution is 2.29. The number of nitrogens with zero attached hydrogens (tertiary/aromatic N) is 3. The van der Waals surface area contributed by atoms with Gasteiger partial charge in [0.05, 0.1) is 20.0 Å². The van der Waals surface area contributed by atoms with Gasteiger partial charge in [0.25, 0.3) is 11.8 Å². The Morgan fingerprint density at radius 3 is 2.69 bits per heavy atom. The minimum absolute atomic E-state index is 0.0485. The lowest BCUT2D eigenvalue weighted by molar-refractivity contribution is -0.132. The molecule has 2 heterocycles. The van der Waals surface area contributed by atoms with E-state index in [9.17, 15) is 14.4 Å². The molecule has 3 amide bonds. The summed E-state index contributed by atoms with van der Waals surface area (Å²) in [6, 6.07) is 5.52. The minimum atomic E-state index is -1.07. The number of imidazole rings is 1. The molecule has 1 aliphatic heterocycles. The van der Waals surface area contributed by atoms with Gasteiger partial charge in [-0.1, -0.05) is 36.7 Å². The van der Waals surface area contributed by atoms with Crippen LogP contribution >= 0.6 is 15.9 Å². The van der Waals surface area contributed by atoms with Crippen molar-refractivity contribution >= 4 is 33.7 Å². The second-order valence-corrected chi connectivity index (χ2v) is 10.3. The molecule has 0 spiro atoms. The zero-order valence-corrected chi connectivity index (χ0v) is 22.6. The van der Waals surface area contributed by atoms with Gasteiger partial charge in [0.2, 0.25) is 5.91 Å². The van der Waals surface area contributed by atoms with E-state index < -0.39 is 11.4 Å². The fraction of sp³-hybridized carbons (Fsp3) is 0.520. The van der Waals surface area contributed by atoms with Crippen molar-refractivity contribution in [3.63, 3.8) is 0 Å². The fourth-order valence-corrected chi connectivity index (χ4v) is 4.65. The van der Waals surface area contributed by atoms with Crippen molar-refractivity contribution in [3.8, 4) is 5.75 Å². The molecule has 0 saturated heterocycles. The Morgan fingerprint density at radius 1 is 1.29 bits per heavy atom. The molecule has 1 aromatic heterocycles. The minimum Gasteiger partial charge on any atom is -0.496 e. The molecule has 0 bridgehead atoms. The summed E-state index contributed by atoms with van der Waals surface area (Å²) in [5.41, 5.74) is -0.0420. The Morgan fingerprint density at radius 2 is 2.03 bits per heavy atom. The van der Waals surface area contributed by atoms with Crippen molar-refractivity contribution in [2.24, 2.45) is 5.92 Å². The lowest BCUT2D eigenvalue weighted by atomic mass is 9.93. The predicted molar refractivity (Wildman–Crippen MR) is 136 cm³/mol. The molecule has 2 N–H and O–H groups in total. The number of fused-ring (bicyclic) bond motifs is 1. The number of methoxy groups -OCH3 is 1. The molecule has 0 aliphatic carbocycles. The van der Waals surface area contributed by atoms with Crippen LogP contribution in [0.4, 0.5) is 0 Å². The molecule has 10 heteroatoms. The molecule has 1 aliphatic rings. The van der Waals surface area contributed by atoms with Crippen LogP contribution in [0.25, 0.3) is 0 Å². The van der Waals surface area contributed by atoms with Crippen molar-refractivity contribution in [3.05, 3.63) is 46.0 Å². The van der Waals surface area contributed by atoms with E-state index >= 15 is 0 Å². The molecule has 0 radical (unpaired) electrons. The number of carbonyl (C=O) groups is 3. The van der Waals surface area contributed by atoms with Gasteiger partial charge in [0.15, 0.2) is 5.69 Å². The topological polar surface area (TPSA) is 106 Å². The number of benzene rings is 1. The van der Waals surface area contributed by atoms with Gasteiger partial charge >= 0.3 is 0 Å². The fourth-order valence-electron chi connectivity index (χ4n) is 4.24. The monoisotopic (exact) mass is 547 g/mol. The Bertz CT molecular complexity index is 1100. The van der Waals surface area contributed by atoms with Gasteiger partial charge < -0.3 is 24.8 Å². The lowest BCUT2D eigenvalue weighted by Crippen LogP contribution is -2.64. The van der Waals surface area contributed by atoms with Gasteiger partial charge in [-0.15, -0.1) is 0 Å². The number of halogens is 1. The normalized spacial score (nSPS) is 17.3. The summed E-state index contributed by atoms with van der Waals surface area (Å²) in [5, 5.41) is 5.82. The molecular weight excluding hydrogens is 514 g/mol. The van der Waals surface area contributed by atoms with E-state index in [1.807, 2.05) is 25.1 Å². The van der Waals surface area contributed by atoms with E-state index in [0.29, 0.717) is 31.2 Å². The van der Waals surface area contributed by atoms with Gasteiger partial charge in [-0.2, -0.15) is 0 Å². The summed E-state index contributed by atoms with van der Waals surface area (Å²) in [4.78, 5) is 45.7. The molecule has 190 valence electrons. The van der Waals surface area contributed by atoms with Gasteiger partial charge in [-0.3, -0.25) is 14.4 Å². The van der Waals surface area contributed by atoms with Crippen molar-refractivity contribution in [1.82, 2.24) is 25.1 Å². The molecule has 9 nitrogen and oxygen atoms in total. The first kappa shape index (κ1) is 26.7. The molecule has 0 saturated carbocycles. The van der Waals surface area contributed by atoms with Crippen LogP contribution in [0, 0.1) is 5.92 Å². The molecule has 1 aromatic carbocycles. The van der Waals surface area contributed by atoms with Crippen LogP contribution in [0.5, 0.6) is 5.75 Å². The first-order valence-corrected chi connectivity index (χ1v) is 12.7. The number of carbonyl (C=O) groups excluding carboxylic acids is 3. The number of hydrogen-bond acceptors (Lipinski definition) is 5. The van der Waals surface area contributed by atoms with Gasteiger partial charge in [0, 0.05) is 29.7 Å². The van der Waals surface area contributed by atoms with Gasteiger partial charge in [0.1, 0.15) is 17.0 Å². The van der Waals surface area contributed by atoms with E-state index in [0.717, 1.165) is 16.5 Å². The number of ether oxygens (including phenoxy) is 1. The molecule has 0 fully saturated rings. The van der Waals surface area contributed by atoms with Crippen molar-refractivity contribution in [2.45, 2.75) is 59.2 Å². The summed E-state index contributed by atoms with van der Waals surface area (Å²) in [7, 11) is 1.57. The molecular formula is C25H34BrN5O4. The maximum absolute atomic E-state index is 13.6. The Kier molecular flexibility index (Phi) is 8.58. The van der Waals surface area contributed by atoms with Gasteiger partial charge in [-0.25, -0.2) is 4.98 Å². The van der Waals surface area contributed by atoms with Crippen molar-refractivity contribution < 1.29 is 19.1 Å². The number of amides is 3. The zero-order valence-electron chi connectivity index (χ0n) is 21.0. The summed E-state index contributed by atoms with van der Waals surface area (Å²) < 4.78 is 7.84. The third kappa shape index (κ3) is 5.69. The van der Waals surface area contributed by atoms with Crippen molar-refractivity contribution in [2.75, 3.05) is 20.2 Å². The number of rotatable bonds is 10. The quantitative estimate of drug-likeness (QED) is 0.474. The molecule has 2 aromatic rings. The average molecular weight is 548 g/mol. The largest absolute Gasteiger partial charge is 0.496 e. The van der Waals surface area contributed by atoms with E-state index in [1.54, 1.807) is 23.5 Å². The zero-order chi connectivity index (χ0) is 25.8. The first-order valence-electron chi connectivity index (χ1n) is 11.9. The number of nitrogens with one attached hydrogen (secondary N) is 2. The maximum atomic E-state index is 13.6. The Labute approximate surface area is 214 Å². The van der Waals surface area contributed by atoms with Crippen LogP contribution in [-0.2, 0) is 17.9 Å². The second-order valence-electron chi connectivity index (χ2n) is 9.38. The molecule has 1 atom stereocenters. The number of hydrogen-bond donors (Lipinski definition) is 2. The van der Waals surface area contributed by atoms with Crippen LogP contribution in [0.2, 0.25) is 0 Å². The van der Waals surface area contributed by atoms with E-state index in [2.05, 4.69) is 45.4 Å². The van der Waals surface area contributed by atoms with Crippen LogP contribution in [-0.4, -0.2) is 57.9 Å². The van der Waals surface area contributed by atoms with Gasteiger partial charge in [-0.05, 0) is 43.9 Å². The van der Waals surface area contributed by atoms with Crippen molar-refractivity contribution in [1.29, 1.82) is 0 Å². The molecule has 35 heavy (non-hydrogen) atoms. The second kappa shape index (κ2) is 11.2. The number of aromatic nitrogens is 2. The third-order valence-electron chi connectivity index (χ3n) is 6.20.